The third-order valence-corrected chi connectivity index (χ3v) is 4.50. The van der Waals surface area contributed by atoms with Crippen LogP contribution in [0.25, 0.3) is 6.08 Å². The number of carbonyl (C=O) groups excluding carboxylic acids is 5. The Morgan fingerprint density at radius 1 is 0.882 bits per heavy atom. The number of esters is 3. The topological polar surface area (TPSA) is 116 Å². The first kappa shape index (κ1) is 23.9. The minimum absolute atomic E-state index is 0.0399. The van der Waals surface area contributed by atoms with Crippen molar-refractivity contribution >= 4 is 41.5 Å². The zero-order valence-corrected chi connectivity index (χ0v) is 18.1. The molecular weight excluding hydrogens is 442 g/mol. The Kier molecular flexibility index (Phi) is 7.50. The summed E-state index contributed by atoms with van der Waals surface area (Å²) < 4.78 is 14.8. The summed E-state index contributed by atoms with van der Waals surface area (Å²) in [5, 5.41) is 0. The maximum atomic E-state index is 12.1. The Labute approximate surface area is 194 Å². The van der Waals surface area contributed by atoms with Crippen LogP contribution in [0, 0.1) is 0 Å². The second-order valence-electron chi connectivity index (χ2n) is 6.91. The smallest absolute Gasteiger partial charge is 0.339 e. The molecule has 34 heavy (non-hydrogen) atoms. The molecule has 3 rings (SSSR count). The molecule has 2 amide bonds. The molecule has 0 spiro atoms. The van der Waals surface area contributed by atoms with E-state index in [-0.39, 0.29) is 23.5 Å². The number of hydrogen-bond donors (Lipinski definition) is 0. The van der Waals surface area contributed by atoms with Crippen molar-refractivity contribution in [2.24, 2.45) is 0 Å². The van der Waals surface area contributed by atoms with Gasteiger partial charge in [-0.2, -0.15) is 0 Å². The van der Waals surface area contributed by atoms with Crippen LogP contribution in [0.4, 0.5) is 5.69 Å². The number of ether oxygens (including phenoxy) is 3. The highest BCUT2D eigenvalue weighted by molar-refractivity contribution is 6.28. The minimum atomic E-state index is -0.752. The van der Waals surface area contributed by atoms with E-state index in [4.69, 9.17) is 9.47 Å². The molecule has 0 radical (unpaired) electrons. The van der Waals surface area contributed by atoms with E-state index >= 15 is 0 Å². The number of carbonyl (C=O) groups is 5. The molecule has 0 bridgehead atoms. The summed E-state index contributed by atoms with van der Waals surface area (Å²) in [6, 6.07) is 12.2. The molecule has 0 saturated carbocycles. The van der Waals surface area contributed by atoms with E-state index in [2.05, 4.69) is 11.3 Å². The van der Waals surface area contributed by atoms with Crippen LogP contribution in [0.3, 0.4) is 0 Å². The molecular formula is C25H19NO8. The molecule has 0 saturated heterocycles. The quantitative estimate of drug-likeness (QED) is 0.255. The van der Waals surface area contributed by atoms with Gasteiger partial charge in [0.05, 0.1) is 19.2 Å². The molecule has 2 aromatic rings. The van der Waals surface area contributed by atoms with E-state index < -0.39 is 29.7 Å². The molecule has 2 aromatic carbocycles. The van der Waals surface area contributed by atoms with E-state index in [9.17, 15) is 24.0 Å². The van der Waals surface area contributed by atoms with Crippen molar-refractivity contribution in [1.82, 2.24) is 0 Å². The van der Waals surface area contributed by atoms with Crippen molar-refractivity contribution in [3.05, 3.63) is 84.5 Å². The summed E-state index contributed by atoms with van der Waals surface area (Å²) in [6.07, 6.45) is 4.81. The molecule has 0 aliphatic carbocycles. The second kappa shape index (κ2) is 10.7. The van der Waals surface area contributed by atoms with Crippen molar-refractivity contribution in [3.8, 4) is 11.5 Å². The van der Waals surface area contributed by atoms with Crippen molar-refractivity contribution in [1.29, 1.82) is 0 Å². The summed E-state index contributed by atoms with van der Waals surface area (Å²) in [6.45, 7) is 3.50. The van der Waals surface area contributed by atoms with Crippen molar-refractivity contribution < 1.29 is 38.2 Å². The monoisotopic (exact) mass is 461 g/mol. The van der Waals surface area contributed by atoms with Crippen LogP contribution in [-0.4, -0.2) is 36.8 Å². The zero-order chi connectivity index (χ0) is 24.7. The first-order valence-corrected chi connectivity index (χ1v) is 9.90. The van der Waals surface area contributed by atoms with E-state index in [0.29, 0.717) is 11.3 Å². The standard InChI is InChI=1S/C25H19NO8/c1-16(15-24(30)32-2)25(31)34-20-8-3-17(4-9-20)5-14-23(29)33-19-10-6-18(7-11-19)26-21(27)12-13-22(26)28/h3-14H,1,15H2,2H3/b14-5+. The van der Waals surface area contributed by atoms with Crippen LogP contribution in [0.1, 0.15) is 12.0 Å². The molecule has 0 unspecified atom stereocenters. The molecule has 172 valence electrons. The van der Waals surface area contributed by atoms with Gasteiger partial charge in [-0.05, 0) is 48.0 Å². The van der Waals surface area contributed by atoms with Gasteiger partial charge < -0.3 is 14.2 Å². The van der Waals surface area contributed by atoms with Gasteiger partial charge in [-0.1, -0.05) is 18.7 Å². The summed E-state index contributed by atoms with van der Waals surface area (Å²) >= 11 is 0. The SMILES string of the molecule is C=C(CC(=O)OC)C(=O)Oc1ccc(/C=C/C(=O)Oc2ccc(N3C(=O)C=CC3=O)cc2)cc1. The molecule has 1 aliphatic heterocycles. The van der Waals surface area contributed by atoms with Gasteiger partial charge in [0.1, 0.15) is 11.5 Å². The molecule has 1 aliphatic rings. The van der Waals surface area contributed by atoms with Gasteiger partial charge in [-0.3, -0.25) is 14.4 Å². The van der Waals surface area contributed by atoms with Crippen LogP contribution in [0.5, 0.6) is 11.5 Å². The highest BCUT2D eigenvalue weighted by Crippen LogP contribution is 2.22. The number of hydrogen-bond acceptors (Lipinski definition) is 8. The van der Waals surface area contributed by atoms with Crippen LogP contribution in [0.2, 0.25) is 0 Å². The first-order valence-electron chi connectivity index (χ1n) is 9.90. The molecule has 0 fully saturated rings. The summed E-state index contributed by atoms with van der Waals surface area (Å²) in [7, 11) is 1.21. The number of imide groups is 1. The number of amides is 2. The Hall–Kier alpha value is -4.79. The number of methoxy groups -OCH3 is 1. The van der Waals surface area contributed by atoms with Crippen molar-refractivity contribution in [3.63, 3.8) is 0 Å². The zero-order valence-electron chi connectivity index (χ0n) is 18.1. The lowest BCUT2D eigenvalue weighted by Crippen LogP contribution is -2.29. The van der Waals surface area contributed by atoms with Gasteiger partial charge in [-0.25, -0.2) is 14.5 Å². The fourth-order valence-corrected chi connectivity index (χ4v) is 2.78. The van der Waals surface area contributed by atoms with Crippen LogP contribution >= 0.6 is 0 Å². The van der Waals surface area contributed by atoms with Crippen molar-refractivity contribution in [2.45, 2.75) is 6.42 Å². The van der Waals surface area contributed by atoms with E-state index in [1.807, 2.05) is 0 Å². The molecule has 0 atom stereocenters. The number of benzene rings is 2. The highest BCUT2D eigenvalue weighted by atomic mass is 16.5. The maximum absolute atomic E-state index is 12.1. The lowest BCUT2D eigenvalue weighted by molar-refractivity contribution is -0.141. The fourth-order valence-electron chi connectivity index (χ4n) is 2.78. The molecule has 1 heterocycles. The highest BCUT2D eigenvalue weighted by Gasteiger charge is 2.24. The third-order valence-electron chi connectivity index (χ3n) is 4.50. The molecule has 0 N–H and O–H groups in total. The van der Waals surface area contributed by atoms with Gasteiger partial charge in [0.25, 0.3) is 11.8 Å². The average Bonchev–Trinajstić information content (AvgIpc) is 3.16. The van der Waals surface area contributed by atoms with Gasteiger partial charge in [0.15, 0.2) is 0 Å². The van der Waals surface area contributed by atoms with Crippen LogP contribution < -0.4 is 14.4 Å². The van der Waals surface area contributed by atoms with Gasteiger partial charge in [0, 0.05) is 23.8 Å². The van der Waals surface area contributed by atoms with Gasteiger partial charge in [-0.15, -0.1) is 0 Å². The van der Waals surface area contributed by atoms with Gasteiger partial charge in [0.2, 0.25) is 0 Å². The van der Waals surface area contributed by atoms with Gasteiger partial charge >= 0.3 is 17.9 Å². The summed E-state index contributed by atoms with van der Waals surface area (Å²) in [5.74, 6) is -2.40. The second-order valence-corrected chi connectivity index (χ2v) is 6.91. The van der Waals surface area contributed by atoms with E-state index in [1.54, 1.807) is 12.1 Å². The van der Waals surface area contributed by atoms with Crippen molar-refractivity contribution in [2.75, 3.05) is 12.0 Å². The minimum Gasteiger partial charge on any atom is -0.469 e. The predicted molar refractivity (Wildman–Crippen MR) is 121 cm³/mol. The Bertz CT molecular complexity index is 1190. The maximum Gasteiger partial charge on any atom is 0.339 e. The third kappa shape index (κ3) is 6.13. The predicted octanol–water partition coefficient (Wildman–Crippen LogP) is 2.76. The average molecular weight is 461 g/mol. The first-order chi connectivity index (χ1) is 16.3. The lowest BCUT2D eigenvalue weighted by Gasteiger charge is -2.13. The summed E-state index contributed by atoms with van der Waals surface area (Å²) in [4.78, 5) is 59.6. The molecule has 9 nitrogen and oxygen atoms in total. The largest absolute Gasteiger partial charge is 0.469 e. The lowest BCUT2D eigenvalue weighted by atomic mass is 10.2. The normalized spacial score (nSPS) is 12.7. The van der Waals surface area contributed by atoms with Crippen LogP contribution in [-0.2, 0) is 28.7 Å². The van der Waals surface area contributed by atoms with E-state index in [1.165, 1.54) is 67.8 Å². The Morgan fingerprint density at radius 2 is 1.44 bits per heavy atom. The molecule has 0 aromatic heterocycles. The number of nitrogens with zero attached hydrogens (tertiary/aromatic N) is 1. The Morgan fingerprint density at radius 3 is 2.03 bits per heavy atom. The van der Waals surface area contributed by atoms with E-state index in [0.717, 1.165) is 4.90 Å². The van der Waals surface area contributed by atoms with Crippen LogP contribution in [0.15, 0.2) is 78.9 Å². The number of rotatable bonds is 8. The fraction of sp³-hybridized carbons (Fsp3) is 0.0800. The Balaban J connectivity index is 1.52. The number of anilines is 1. The molecule has 9 heteroatoms. The summed E-state index contributed by atoms with van der Waals surface area (Å²) in [5.41, 5.74) is 0.964.